The molecule has 0 spiro atoms. The lowest BCUT2D eigenvalue weighted by atomic mass is 10.2. The zero-order valence-corrected chi connectivity index (χ0v) is 11.3. The van der Waals surface area contributed by atoms with Crippen LogP contribution < -0.4 is 10.9 Å². The fourth-order valence-electron chi connectivity index (χ4n) is 2.07. The van der Waals surface area contributed by atoms with Crippen molar-refractivity contribution in [3.05, 3.63) is 40.7 Å². The minimum atomic E-state index is 0.00991. The summed E-state index contributed by atoms with van der Waals surface area (Å²) in [5, 5.41) is 4.03. The summed E-state index contributed by atoms with van der Waals surface area (Å²) in [6.45, 7) is 2.02. The SMILES string of the molecule is CNc1cc2ccccc2n(C(C)N(C)C)c1=O. The van der Waals surface area contributed by atoms with Gasteiger partial charge >= 0.3 is 0 Å². The molecule has 96 valence electrons. The van der Waals surface area contributed by atoms with Crippen molar-refractivity contribution >= 4 is 16.6 Å². The molecule has 0 fully saturated rings. The smallest absolute Gasteiger partial charge is 0.275 e. The Kier molecular flexibility index (Phi) is 3.39. The number of benzene rings is 1. The zero-order chi connectivity index (χ0) is 13.3. The maximum Gasteiger partial charge on any atom is 0.275 e. The molecule has 2 aromatic rings. The van der Waals surface area contributed by atoms with Crippen molar-refractivity contribution in [3.63, 3.8) is 0 Å². The third-order valence-electron chi connectivity index (χ3n) is 3.34. The highest BCUT2D eigenvalue weighted by Gasteiger charge is 2.14. The maximum atomic E-state index is 12.4. The Morgan fingerprint density at radius 2 is 1.94 bits per heavy atom. The quantitative estimate of drug-likeness (QED) is 0.900. The van der Waals surface area contributed by atoms with E-state index in [1.807, 2.05) is 60.8 Å². The topological polar surface area (TPSA) is 37.3 Å². The first-order valence-corrected chi connectivity index (χ1v) is 6.04. The van der Waals surface area contributed by atoms with Crippen molar-refractivity contribution in [2.75, 3.05) is 26.5 Å². The third-order valence-corrected chi connectivity index (χ3v) is 3.34. The van der Waals surface area contributed by atoms with Crippen LogP contribution in [-0.4, -0.2) is 30.6 Å². The fraction of sp³-hybridized carbons (Fsp3) is 0.357. The van der Waals surface area contributed by atoms with Crippen LogP contribution in [0.3, 0.4) is 0 Å². The van der Waals surface area contributed by atoms with Crippen molar-refractivity contribution in [2.24, 2.45) is 0 Å². The minimum absolute atomic E-state index is 0.00991. The van der Waals surface area contributed by atoms with E-state index in [2.05, 4.69) is 5.32 Å². The number of hydrogen-bond donors (Lipinski definition) is 1. The van der Waals surface area contributed by atoms with Crippen LogP contribution in [0.5, 0.6) is 0 Å². The van der Waals surface area contributed by atoms with Gasteiger partial charge in [0.05, 0.1) is 11.7 Å². The second-order valence-corrected chi connectivity index (χ2v) is 4.64. The Bertz CT molecular complexity index is 616. The van der Waals surface area contributed by atoms with Crippen LogP contribution in [0, 0.1) is 0 Å². The second-order valence-electron chi connectivity index (χ2n) is 4.64. The molecule has 4 nitrogen and oxygen atoms in total. The molecule has 18 heavy (non-hydrogen) atoms. The number of nitrogens with one attached hydrogen (secondary N) is 1. The first-order valence-electron chi connectivity index (χ1n) is 6.04. The minimum Gasteiger partial charge on any atom is -0.384 e. The van der Waals surface area contributed by atoms with E-state index in [9.17, 15) is 4.79 Å². The van der Waals surface area contributed by atoms with Gasteiger partial charge in [-0.3, -0.25) is 14.3 Å². The second kappa shape index (κ2) is 4.82. The van der Waals surface area contributed by atoms with Crippen LogP contribution in [-0.2, 0) is 0 Å². The Morgan fingerprint density at radius 3 is 2.56 bits per heavy atom. The lowest BCUT2D eigenvalue weighted by Gasteiger charge is -2.24. The maximum absolute atomic E-state index is 12.4. The van der Waals surface area contributed by atoms with Gasteiger partial charge in [0.25, 0.3) is 5.56 Å². The summed E-state index contributed by atoms with van der Waals surface area (Å²) in [5.74, 6) is 0. The molecule has 1 aromatic carbocycles. The van der Waals surface area contributed by atoms with Gasteiger partial charge in [-0.15, -0.1) is 0 Å². The first kappa shape index (κ1) is 12.6. The largest absolute Gasteiger partial charge is 0.384 e. The number of nitrogens with zero attached hydrogens (tertiary/aromatic N) is 2. The average Bonchev–Trinajstić information content (AvgIpc) is 2.37. The molecule has 0 saturated carbocycles. The molecule has 0 amide bonds. The van der Waals surface area contributed by atoms with Gasteiger partial charge in [-0.05, 0) is 33.2 Å². The summed E-state index contributed by atoms with van der Waals surface area (Å²) >= 11 is 0. The van der Waals surface area contributed by atoms with E-state index >= 15 is 0 Å². The number of pyridine rings is 1. The summed E-state index contributed by atoms with van der Waals surface area (Å²) in [5.41, 5.74) is 1.60. The van der Waals surface area contributed by atoms with Crippen LogP contribution in [0.4, 0.5) is 5.69 Å². The van der Waals surface area contributed by atoms with Crippen LogP contribution in [0.15, 0.2) is 35.1 Å². The molecular weight excluding hydrogens is 226 g/mol. The van der Waals surface area contributed by atoms with Gasteiger partial charge in [0, 0.05) is 12.4 Å². The fourth-order valence-corrected chi connectivity index (χ4v) is 2.07. The molecule has 1 aromatic heterocycles. The summed E-state index contributed by atoms with van der Waals surface area (Å²) < 4.78 is 1.82. The lowest BCUT2D eigenvalue weighted by Crippen LogP contribution is -2.33. The number of anilines is 1. The summed E-state index contributed by atoms with van der Waals surface area (Å²) in [6.07, 6.45) is 0.00991. The van der Waals surface area contributed by atoms with Gasteiger partial charge in [-0.25, -0.2) is 0 Å². The molecule has 0 aliphatic carbocycles. The van der Waals surface area contributed by atoms with Crippen LogP contribution >= 0.6 is 0 Å². The highest BCUT2D eigenvalue weighted by Crippen LogP contribution is 2.19. The molecule has 2 rings (SSSR count). The van der Waals surface area contributed by atoms with Gasteiger partial charge in [0.1, 0.15) is 5.69 Å². The van der Waals surface area contributed by atoms with Crippen molar-refractivity contribution in [1.82, 2.24) is 9.47 Å². The Hall–Kier alpha value is -1.81. The van der Waals surface area contributed by atoms with Gasteiger partial charge in [0.2, 0.25) is 0 Å². The monoisotopic (exact) mass is 245 g/mol. The Balaban J connectivity index is 2.83. The predicted octanol–water partition coefficient (Wildman–Crippen LogP) is 2.12. The van der Waals surface area contributed by atoms with Gasteiger partial charge in [-0.1, -0.05) is 18.2 Å². The van der Waals surface area contributed by atoms with Crippen LogP contribution in [0.25, 0.3) is 10.9 Å². The van der Waals surface area contributed by atoms with E-state index < -0.39 is 0 Å². The van der Waals surface area contributed by atoms with Crippen molar-refractivity contribution < 1.29 is 0 Å². The summed E-state index contributed by atoms with van der Waals surface area (Å²) in [4.78, 5) is 14.5. The first-order chi connectivity index (χ1) is 8.56. The number of rotatable bonds is 3. The zero-order valence-electron chi connectivity index (χ0n) is 11.3. The Labute approximate surface area is 107 Å². The van der Waals surface area contributed by atoms with E-state index in [1.165, 1.54) is 0 Å². The van der Waals surface area contributed by atoms with Gasteiger partial charge in [-0.2, -0.15) is 0 Å². The molecule has 0 bridgehead atoms. The van der Waals surface area contributed by atoms with E-state index in [1.54, 1.807) is 7.05 Å². The van der Waals surface area contributed by atoms with E-state index in [0.717, 1.165) is 10.9 Å². The molecule has 0 aliphatic heterocycles. The normalized spacial score (nSPS) is 12.9. The molecule has 4 heteroatoms. The highest BCUT2D eigenvalue weighted by molar-refractivity contribution is 5.82. The number of para-hydroxylation sites is 1. The standard InChI is InChI=1S/C14H19N3O/c1-10(16(3)4)17-13-8-6-5-7-11(13)9-12(15-2)14(17)18/h5-10,15H,1-4H3. The molecule has 1 heterocycles. The number of hydrogen-bond acceptors (Lipinski definition) is 3. The third kappa shape index (κ3) is 1.99. The predicted molar refractivity (Wildman–Crippen MR) is 76.2 cm³/mol. The molecule has 1 atom stereocenters. The highest BCUT2D eigenvalue weighted by atomic mass is 16.1. The number of aromatic nitrogens is 1. The molecule has 0 saturated heterocycles. The van der Waals surface area contributed by atoms with Gasteiger partial charge in [0.15, 0.2) is 0 Å². The van der Waals surface area contributed by atoms with Crippen LogP contribution in [0.2, 0.25) is 0 Å². The van der Waals surface area contributed by atoms with Crippen molar-refractivity contribution in [2.45, 2.75) is 13.1 Å². The lowest BCUT2D eigenvalue weighted by molar-refractivity contribution is 0.240. The van der Waals surface area contributed by atoms with E-state index in [-0.39, 0.29) is 11.7 Å². The molecule has 1 unspecified atom stereocenters. The summed E-state index contributed by atoms with van der Waals surface area (Å²) in [7, 11) is 5.71. The van der Waals surface area contributed by atoms with Crippen LogP contribution in [0.1, 0.15) is 13.1 Å². The Morgan fingerprint density at radius 1 is 1.28 bits per heavy atom. The molecule has 0 aliphatic rings. The van der Waals surface area contributed by atoms with Gasteiger partial charge < -0.3 is 5.32 Å². The molecule has 0 radical (unpaired) electrons. The van der Waals surface area contributed by atoms with Crippen molar-refractivity contribution in [1.29, 1.82) is 0 Å². The summed E-state index contributed by atoms with van der Waals surface area (Å²) in [6, 6.07) is 9.85. The average molecular weight is 245 g/mol. The van der Waals surface area contributed by atoms with E-state index in [4.69, 9.17) is 0 Å². The number of fused-ring (bicyclic) bond motifs is 1. The molecular formula is C14H19N3O. The van der Waals surface area contributed by atoms with E-state index in [0.29, 0.717) is 5.69 Å². The van der Waals surface area contributed by atoms with Crippen molar-refractivity contribution in [3.8, 4) is 0 Å². The molecule has 1 N–H and O–H groups in total.